The molecule has 3 heterocycles. The number of allylic oxidation sites excluding steroid dienone is 2. The molecule has 272 valence electrons. The number of esters is 1. The van der Waals surface area contributed by atoms with E-state index >= 15 is 0 Å². The summed E-state index contributed by atoms with van der Waals surface area (Å²) in [4.78, 5) is 36.6. The Morgan fingerprint density at radius 1 is 1.08 bits per heavy atom. The molecule has 3 N–H and O–H groups in total. The lowest BCUT2D eigenvalue weighted by atomic mass is 9.89. The minimum atomic E-state index is -0.792. The highest BCUT2D eigenvalue weighted by Crippen LogP contribution is 2.30. The number of cyclic esters (lactones) is 1. The molecule has 0 saturated carbocycles. The molecule has 7 unspecified atom stereocenters. The van der Waals surface area contributed by atoms with Gasteiger partial charge >= 0.3 is 12.1 Å². The Kier molecular flexibility index (Phi) is 16.8. The molecule has 1 saturated heterocycles. The Morgan fingerprint density at radius 2 is 1.83 bits per heavy atom. The molecule has 10 atom stereocenters. The number of Topliss-reactive ketones (excluding diaryl/α,β-unsaturated/α-hetero) is 1. The first-order valence-electron chi connectivity index (χ1n) is 18.2. The van der Waals surface area contributed by atoms with Gasteiger partial charge in [-0.1, -0.05) is 45.1 Å². The number of primary amides is 1. The molecular weight excluding hydrogens is 614 g/mol. The fourth-order valence-electron chi connectivity index (χ4n) is 6.79. The predicted molar refractivity (Wildman–Crippen MR) is 184 cm³/mol. The summed E-state index contributed by atoms with van der Waals surface area (Å²) in [5.74, 6) is -0.256. The Labute approximate surface area is 287 Å². The van der Waals surface area contributed by atoms with Crippen molar-refractivity contribution in [1.82, 2.24) is 0 Å². The summed E-state index contributed by atoms with van der Waals surface area (Å²) in [6.07, 6.45) is 12.9. The summed E-state index contributed by atoms with van der Waals surface area (Å²) >= 11 is 0. The van der Waals surface area contributed by atoms with Crippen molar-refractivity contribution in [3.63, 3.8) is 0 Å². The highest BCUT2D eigenvalue weighted by Gasteiger charge is 2.32. The van der Waals surface area contributed by atoms with Crippen LogP contribution in [0.3, 0.4) is 0 Å². The quantitative estimate of drug-likeness (QED) is 0.184. The number of fused-ring (bicyclic) bond motifs is 2. The van der Waals surface area contributed by atoms with Crippen molar-refractivity contribution in [2.24, 2.45) is 17.6 Å². The number of hydrogen-bond acceptors (Lipinski definition) is 9. The van der Waals surface area contributed by atoms with Crippen LogP contribution >= 0.6 is 0 Å². The van der Waals surface area contributed by atoms with Gasteiger partial charge in [-0.15, -0.1) is 0 Å². The number of aliphatic hydroxyl groups is 1. The van der Waals surface area contributed by atoms with Crippen LogP contribution in [0.15, 0.2) is 35.5 Å². The molecule has 3 aliphatic heterocycles. The van der Waals surface area contributed by atoms with Crippen molar-refractivity contribution >= 4 is 17.8 Å². The van der Waals surface area contributed by atoms with Crippen LogP contribution in [0.4, 0.5) is 4.79 Å². The molecule has 3 aliphatic rings. The number of carbonyl (C=O) groups is 3. The smallest absolute Gasteiger partial charge is 0.404 e. The van der Waals surface area contributed by atoms with Gasteiger partial charge < -0.3 is 34.5 Å². The van der Waals surface area contributed by atoms with Crippen LogP contribution in [0.1, 0.15) is 125 Å². The number of carbonyl (C=O) groups excluding carboxylic acids is 3. The number of nitrogens with two attached hydrogens (primary N) is 1. The van der Waals surface area contributed by atoms with Crippen molar-refractivity contribution in [3.8, 4) is 0 Å². The lowest BCUT2D eigenvalue weighted by Gasteiger charge is -2.34. The van der Waals surface area contributed by atoms with Crippen molar-refractivity contribution in [1.29, 1.82) is 0 Å². The second-order valence-corrected chi connectivity index (χ2v) is 14.2. The van der Waals surface area contributed by atoms with Gasteiger partial charge in [-0.05, 0) is 95.1 Å². The third-order valence-electron chi connectivity index (χ3n) is 9.91. The van der Waals surface area contributed by atoms with E-state index in [1.807, 2.05) is 13.8 Å². The SMILES string of the molecule is CCC(=O)CC(O)C(C)CC[C@H]1OC(=O)CC2CC=C(C)[C@H](O2)/C(C)=C/CCCC(OC2CC(OC(N)=O)C[C@@H](C)O2)/C=C/CCC1C. The lowest BCUT2D eigenvalue weighted by molar-refractivity contribution is -0.222. The minimum absolute atomic E-state index is 0.0444. The van der Waals surface area contributed by atoms with Gasteiger partial charge in [-0.2, -0.15) is 0 Å². The van der Waals surface area contributed by atoms with Gasteiger partial charge in [0.2, 0.25) is 0 Å². The summed E-state index contributed by atoms with van der Waals surface area (Å²) in [6.45, 7) is 11.9. The second kappa shape index (κ2) is 20.2. The lowest BCUT2D eigenvalue weighted by Crippen LogP contribution is -2.40. The zero-order chi connectivity index (χ0) is 35.2. The molecule has 1 fully saturated rings. The van der Waals surface area contributed by atoms with Crippen LogP contribution in [0.25, 0.3) is 0 Å². The molecule has 0 aromatic heterocycles. The minimum Gasteiger partial charge on any atom is -0.462 e. The molecule has 10 heteroatoms. The maximum Gasteiger partial charge on any atom is 0.404 e. The van der Waals surface area contributed by atoms with Gasteiger partial charge in [-0.25, -0.2) is 4.79 Å². The van der Waals surface area contributed by atoms with Crippen LogP contribution in [-0.4, -0.2) is 72.0 Å². The zero-order valence-electron chi connectivity index (χ0n) is 30.1. The number of rotatable bonds is 10. The summed E-state index contributed by atoms with van der Waals surface area (Å²) < 4.78 is 30.4. The fourth-order valence-corrected chi connectivity index (χ4v) is 6.79. The largest absolute Gasteiger partial charge is 0.462 e. The summed E-state index contributed by atoms with van der Waals surface area (Å²) in [7, 11) is 0. The van der Waals surface area contributed by atoms with Crippen LogP contribution in [0.5, 0.6) is 0 Å². The molecule has 3 rings (SSSR count). The summed E-state index contributed by atoms with van der Waals surface area (Å²) in [5, 5.41) is 10.6. The third-order valence-corrected chi connectivity index (χ3v) is 9.91. The number of hydrogen-bond donors (Lipinski definition) is 2. The number of ether oxygens (including phenoxy) is 5. The van der Waals surface area contributed by atoms with Crippen LogP contribution in [0.2, 0.25) is 0 Å². The third kappa shape index (κ3) is 13.8. The molecule has 1 amide bonds. The van der Waals surface area contributed by atoms with E-state index in [1.54, 1.807) is 6.92 Å². The van der Waals surface area contributed by atoms with Crippen LogP contribution in [0, 0.1) is 11.8 Å². The molecule has 0 spiro atoms. The molecule has 0 aromatic rings. The van der Waals surface area contributed by atoms with Gasteiger partial charge in [0.15, 0.2) is 6.29 Å². The number of amides is 1. The first-order chi connectivity index (χ1) is 22.8. The van der Waals surface area contributed by atoms with E-state index < -0.39 is 18.5 Å². The maximum absolute atomic E-state index is 13.3. The molecule has 48 heavy (non-hydrogen) atoms. The molecule has 0 aromatic carbocycles. The second-order valence-electron chi connectivity index (χ2n) is 14.2. The van der Waals surface area contributed by atoms with Crippen molar-refractivity contribution in [3.05, 3.63) is 35.5 Å². The average molecular weight is 676 g/mol. The van der Waals surface area contributed by atoms with Crippen molar-refractivity contribution in [2.45, 2.75) is 174 Å². The monoisotopic (exact) mass is 675 g/mol. The van der Waals surface area contributed by atoms with E-state index in [0.29, 0.717) is 38.5 Å². The van der Waals surface area contributed by atoms with Gasteiger partial charge in [0.25, 0.3) is 0 Å². The van der Waals surface area contributed by atoms with Crippen molar-refractivity contribution < 1.29 is 43.2 Å². The molecular formula is C38H61NO9. The van der Waals surface area contributed by atoms with E-state index in [4.69, 9.17) is 29.4 Å². The Hall–Kier alpha value is -2.53. The van der Waals surface area contributed by atoms with Crippen LogP contribution < -0.4 is 5.73 Å². The van der Waals surface area contributed by atoms with Crippen molar-refractivity contribution in [2.75, 3.05) is 0 Å². The molecule has 0 radical (unpaired) electrons. The van der Waals surface area contributed by atoms with Crippen LogP contribution in [-0.2, 0) is 33.3 Å². The first kappa shape index (κ1) is 39.9. The molecule has 2 bridgehead atoms. The molecule has 0 aliphatic carbocycles. The Bertz CT molecular complexity index is 1130. The van der Waals surface area contributed by atoms with Gasteiger partial charge in [-0.3, -0.25) is 9.59 Å². The van der Waals surface area contributed by atoms with Gasteiger partial charge in [0.05, 0.1) is 36.9 Å². The standard InChI is InChI=1S/C38H61NO9/c1-7-29(40)21-33(41)24(2)17-19-34-25(3)12-8-10-14-30(45-36-23-32(47-38(39)43)20-28(6)44-36)15-11-9-13-26(4)37-27(5)16-18-31(46-37)22-35(42)48-34/h10,13-14,16,24-25,28,30-34,36-37,41H,7-9,11-12,15,17-23H2,1-6H3,(H2,39,43)/b14-10+,26-13+/t24?,25?,28-,30?,31?,32?,33?,34-,36?,37-/m1/s1. The normalized spacial score (nSPS) is 34.2. The topological polar surface area (TPSA) is 144 Å². The van der Waals surface area contributed by atoms with E-state index in [2.05, 4.69) is 45.1 Å². The van der Waals surface area contributed by atoms with Gasteiger partial charge in [0, 0.05) is 25.7 Å². The summed E-state index contributed by atoms with van der Waals surface area (Å²) in [6, 6.07) is 0. The summed E-state index contributed by atoms with van der Waals surface area (Å²) in [5.41, 5.74) is 7.55. The number of ketones is 1. The van der Waals surface area contributed by atoms with Gasteiger partial charge in [0.1, 0.15) is 18.0 Å². The number of aliphatic hydroxyl groups excluding tert-OH is 1. The van der Waals surface area contributed by atoms with E-state index in [9.17, 15) is 19.5 Å². The first-order valence-corrected chi connectivity index (χ1v) is 18.2. The highest BCUT2D eigenvalue weighted by atomic mass is 16.7. The Balaban J connectivity index is 1.76. The van der Waals surface area contributed by atoms with E-state index in [0.717, 1.165) is 43.3 Å². The van der Waals surface area contributed by atoms with E-state index in [1.165, 1.54) is 0 Å². The predicted octanol–water partition coefficient (Wildman–Crippen LogP) is 7.02. The van der Waals surface area contributed by atoms with E-state index in [-0.39, 0.29) is 73.1 Å². The average Bonchev–Trinajstić information content (AvgIpc) is 3.02. The fraction of sp³-hybridized carbons (Fsp3) is 0.763. The molecule has 10 nitrogen and oxygen atoms in total. The Morgan fingerprint density at radius 3 is 2.56 bits per heavy atom. The highest BCUT2D eigenvalue weighted by molar-refractivity contribution is 5.78. The maximum atomic E-state index is 13.3. The zero-order valence-corrected chi connectivity index (χ0v) is 30.1.